The Hall–Kier alpha value is -2.43. The third kappa shape index (κ3) is 4.87. The minimum absolute atomic E-state index is 0.126. The number of nitrogens with zero attached hydrogens (tertiary/aromatic N) is 2. The fourth-order valence-corrected chi connectivity index (χ4v) is 1.81. The van der Waals surface area contributed by atoms with E-state index in [1.165, 1.54) is 0 Å². The largest absolute Gasteiger partial charge is 0.370 e. The first-order chi connectivity index (χ1) is 10.3. The lowest BCUT2D eigenvalue weighted by molar-refractivity contribution is 0.0950. The Morgan fingerprint density at radius 2 is 2.00 bits per heavy atom. The number of pyridine rings is 2. The van der Waals surface area contributed by atoms with Crippen LogP contribution in [0.5, 0.6) is 0 Å². The average Bonchev–Trinajstić information content (AvgIpc) is 2.54. The molecule has 2 rings (SSSR count). The Labute approximate surface area is 124 Å². The van der Waals surface area contributed by atoms with Gasteiger partial charge in [0.1, 0.15) is 5.82 Å². The molecule has 1 amide bonds. The summed E-state index contributed by atoms with van der Waals surface area (Å²) in [6.45, 7) is 3.53. The van der Waals surface area contributed by atoms with E-state index in [-0.39, 0.29) is 5.91 Å². The zero-order chi connectivity index (χ0) is 14.9. The monoisotopic (exact) mass is 284 g/mol. The molecule has 5 nitrogen and oxygen atoms in total. The number of hydrogen-bond donors (Lipinski definition) is 2. The molecule has 2 heterocycles. The molecule has 21 heavy (non-hydrogen) atoms. The molecule has 0 aliphatic rings. The minimum atomic E-state index is -0.126. The van der Waals surface area contributed by atoms with Crippen LogP contribution in [0.25, 0.3) is 0 Å². The van der Waals surface area contributed by atoms with Crippen molar-refractivity contribution in [2.45, 2.75) is 26.3 Å². The molecule has 0 unspecified atom stereocenters. The number of aromatic nitrogens is 2. The molecule has 0 spiro atoms. The van der Waals surface area contributed by atoms with Crippen molar-refractivity contribution in [3.63, 3.8) is 0 Å². The van der Waals surface area contributed by atoms with E-state index in [0.29, 0.717) is 12.1 Å². The normalized spacial score (nSPS) is 10.1. The summed E-state index contributed by atoms with van der Waals surface area (Å²) in [5, 5.41) is 6.08. The second kappa shape index (κ2) is 7.99. The summed E-state index contributed by atoms with van der Waals surface area (Å²) in [4.78, 5) is 20.2. The molecule has 0 atom stereocenters. The van der Waals surface area contributed by atoms with Gasteiger partial charge in [-0.1, -0.05) is 13.3 Å². The zero-order valence-corrected chi connectivity index (χ0v) is 12.2. The van der Waals surface area contributed by atoms with Crippen LogP contribution >= 0.6 is 0 Å². The summed E-state index contributed by atoms with van der Waals surface area (Å²) in [5.41, 5.74) is 1.58. The van der Waals surface area contributed by atoms with Crippen molar-refractivity contribution < 1.29 is 4.79 Å². The number of carbonyl (C=O) groups excluding carboxylic acids is 1. The highest BCUT2D eigenvalue weighted by molar-refractivity contribution is 5.93. The topological polar surface area (TPSA) is 66.9 Å². The van der Waals surface area contributed by atoms with Gasteiger partial charge in [-0.15, -0.1) is 0 Å². The van der Waals surface area contributed by atoms with Crippen LogP contribution in [0.3, 0.4) is 0 Å². The molecule has 0 fully saturated rings. The number of carbonyl (C=O) groups is 1. The van der Waals surface area contributed by atoms with Crippen LogP contribution in [0.1, 0.15) is 35.7 Å². The lowest BCUT2D eigenvalue weighted by atomic mass is 10.2. The van der Waals surface area contributed by atoms with Gasteiger partial charge in [-0.2, -0.15) is 0 Å². The van der Waals surface area contributed by atoms with Gasteiger partial charge < -0.3 is 10.6 Å². The van der Waals surface area contributed by atoms with Crippen LogP contribution in [0, 0.1) is 0 Å². The summed E-state index contributed by atoms with van der Waals surface area (Å²) >= 11 is 0. The first kappa shape index (κ1) is 15.0. The Kier molecular flexibility index (Phi) is 5.70. The second-order valence-electron chi connectivity index (χ2n) is 4.75. The third-order valence-corrected chi connectivity index (χ3v) is 3.06. The molecule has 0 aliphatic heterocycles. The molecule has 2 N–H and O–H groups in total. The molecule has 0 radical (unpaired) electrons. The van der Waals surface area contributed by atoms with E-state index in [1.807, 2.05) is 18.2 Å². The van der Waals surface area contributed by atoms with Gasteiger partial charge in [-0.3, -0.25) is 9.78 Å². The van der Waals surface area contributed by atoms with Crippen LogP contribution in [-0.2, 0) is 6.54 Å². The highest BCUT2D eigenvalue weighted by Gasteiger charge is 2.05. The third-order valence-electron chi connectivity index (χ3n) is 3.06. The Morgan fingerprint density at radius 3 is 2.67 bits per heavy atom. The van der Waals surface area contributed by atoms with Crippen molar-refractivity contribution in [1.82, 2.24) is 15.3 Å². The van der Waals surface area contributed by atoms with E-state index in [2.05, 4.69) is 27.5 Å². The van der Waals surface area contributed by atoms with Crippen molar-refractivity contribution in [1.29, 1.82) is 0 Å². The number of unbranched alkanes of at least 4 members (excludes halogenated alkanes) is 1. The second-order valence-corrected chi connectivity index (χ2v) is 4.75. The first-order valence-electron chi connectivity index (χ1n) is 7.16. The summed E-state index contributed by atoms with van der Waals surface area (Å²) < 4.78 is 0. The molecular formula is C16H20N4O. The standard InChI is InChI=1S/C16H20N4O/c1-2-3-8-18-15-5-4-14(12-19-15)16(21)20-11-13-6-9-17-10-7-13/h4-7,9-10,12H,2-3,8,11H2,1H3,(H,18,19)(H,20,21). The smallest absolute Gasteiger partial charge is 0.253 e. The maximum atomic E-state index is 12.0. The molecule has 110 valence electrons. The van der Waals surface area contributed by atoms with Gasteiger partial charge in [-0.05, 0) is 36.2 Å². The quantitative estimate of drug-likeness (QED) is 0.767. The van der Waals surface area contributed by atoms with Gasteiger partial charge in [0.2, 0.25) is 0 Å². The van der Waals surface area contributed by atoms with Gasteiger partial charge in [0.05, 0.1) is 5.56 Å². The van der Waals surface area contributed by atoms with Crippen LogP contribution in [-0.4, -0.2) is 22.4 Å². The number of anilines is 1. The van der Waals surface area contributed by atoms with Crippen molar-refractivity contribution in [3.8, 4) is 0 Å². The van der Waals surface area contributed by atoms with E-state index in [9.17, 15) is 4.79 Å². The number of nitrogens with one attached hydrogen (secondary N) is 2. The Balaban J connectivity index is 1.85. The van der Waals surface area contributed by atoms with Crippen molar-refractivity contribution in [2.24, 2.45) is 0 Å². The average molecular weight is 284 g/mol. The number of hydrogen-bond acceptors (Lipinski definition) is 4. The molecule has 5 heteroatoms. The van der Waals surface area contributed by atoms with Crippen molar-refractivity contribution >= 4 is 11.7 Å². The molecule has 2 aromatic heterocycles. The molecule has 0 saturated carbocycles. The van der Waals surface area contributed by atoms with Crippen LogP contribution in [0.4, 0.5) is 5.82 Å². The maximum Gasteiger partial charge on any atom is 0.253 e. The number of rotatable bonds is 7. The highest BCUT2D eigenvalue weighted by Crippen LogP contribution is 2.06. The molecule has 0 aliphatic carbocycles. The fraction of sp³-hybridized carbons (Fsp3) is 0.312. The van der Waals surface area contributed by atoms with E-state index in [0.717, 1.165) is 30.8 Å². The Morgan fingerprint density at radius 1 is 1.19 bits per heavy atom. The van der Waals surface area contributed by atoms with E-state index >= 15 is 0 Å². The molecular weight excluding hydrogens is 264 g/mol. The van der Waals surface area contributed by atoms with E-state index < -0.39 is 0 Å². The first-order valence-corrected chi connectivity index (χ1v) is 7.16. The maximum absolute atomic E-state index is 12.0. The van der Waals surface area contributed by atoms with Gasteiger partial charge in [0, 0.05) is 31.7 Å². The van der Waals surface area contributed by atoms with Gasteiger partial charge in [0.15, 0.2) is 0 Å². The zero-order valence-electron chi connectivity index (χ0n) is 12.2. The predicted octanol–water partition coefficient (Wildman–Crippen LogP) is 2.62. The molecule has 0 aromatic carbocycles. The molecule has 0 bridgehead atoms. The molecule has 0 saturated heterocycles. The summed E-state index contributed by atoms with van der Waals surface area (Å²) in [6, 6.07) is 7.36. The predicted molar refractivity (Wildman–Crippen MR) is 83.0 cm³/mol. The van der Waals surface area contributed by atoms with Crippen LogP contribution in [0.2, 0.25) is 0 Å². The Bertz CT molecular complexity index is 554. The lowest BCUT2D eigenvalue weighted by Gasteiger charge is -2.07. The molecule has 2 aromatic rings. The van der Waals surface area contributed by atoms with E-state index in [4.69, 9.17) is 0 Å². The van der Waals surface area contributed by atoms with E-state index in [1.54, 1.807) is 24.7 Å². The van der Waals surface area contributed by atoms with Crippen molar-refractivity contribution in [3.05, 3.63) is 54.0 Å². The highest BCUT2D eigenvalue weighted by atomic mass is 16.1. The van der Waals surface area contributed by atoms with Crippen LogP contribution in [0.15, 0.2) is 42.9 Å². The fourth-order valence-electron chi connectivity index (χ4n) is 1.81. The van der Waals surface area contributed by atoms with Gasteiger partial charge in [0.25, 0.3) is 5.91 Å². The summed E-state index contributed by atoms with van der Waals surface area (Å²) in [6.07, 6.45) is 7.26. The van der Waals surface area contributed by atoms with Crippen LogP contribution < -0.4 is 10.6 Å². The minimum Gasteiger partial charge on any atom is -0.370 e. The summed E-state index contributed by atoms with van der Waals surface area (Å²) in [5.74, 6) is 0.675. The SMILES string of the molecule is CCCCNc1ccc(C(=O)NCc2ccncc2)cn1. The number of amides is 1. The lowest BCUT2D eigenvalue weighted by Crippen LogP contribution is -2.23. The van der Waals surface area contributed by atoms with Gasteiger partial charge in [-0.25, -0.2) is 4.98 Å². The summed E-state index contributed by atoms with van der Waals surface area (Å²) in [7, 11) is 0. The van der Waals surface area contributed by atoms with Gasteiger partial charge >= 0.3 is 0 Å². The van der Waals surface area contributed by atoms with Crippen molar-refractivity contribution in [2.75, 3.05) is 11.9 Å².